The predicted molar refractivity (Wildman–Crippen MR) is 139 cm³/mol. The van der Waals surface area contributed by atoms with Gasteiger partial charge in [-0.2, -0.15) is 5.10 Å². The number of benzene rings is 1. The van der Waals surface area contributed by atoms with Crippen LogP contribution in [0, 0.1) is 0 Å². The lowest BCUT2D eigenvalue weighted by Crippen LogP contribution is -2.28. The van der Waals surface area contributed by atoms with Gasteiger partial charge >= 0.3 is 6.09 Å². The second-order valence-corrected chi connectivity index (χ2v) is 10.2. The maximum Gasteiger partial charge on any atom is 0.437 e. The first kappa shape index (κ1) is 24.5. The summed E-state index contributed by atoms with van der Waals surface area (Å²) < 4.78 is 24.3. The van der Waals surface area contributed by atoms with E-state index in [1.165, 1.54) is 4.68 Å². The largest absolute Gasteiger partial charge is 0.465 e. The molecular weight excluding hydrogens is 526 g/mol. The van der Waals surface area contributed by atoms with Gasteiger partial charge in [-0.05, 0) is 82.1 Å². The van der Waals surface area contributed by atoms with E-state index in [0.717, 1.165) is 42.9 Å². The molecule has 188 valence electrons. The first-order valence-corrected chi connectivity index (χ1v) is 13.1. The Kier molecular flexibility index (Phi) is 6.85. The van der Waals surface area contributed by atoms with Crippen molar-refractivity contribution < 1.29 is 23.4 Å². The molecule has 0 aliphatic carbocycles. The number of furan rings is 1. The van der Waals surface area contributed by atoms with E-state index in [-0.39, 0.29) is 6.29 Å². The zero-order valence-electron chi connectivity index (χ0n) is 20.5. The van der Waals surface area contributed by atoms with Crippen molar-refractivity contribution in [1.82, 2.24) is 14.8 Å². The van der Waals surface area contributed by atoms with Crippen molar-refractivity contribution in [2.75, 3.05) is 6.61 Å². The third kappa shape index (κ3) is 5.32. The summed E-state index contributed by atoms with van der Waals surface area (Å²) in [6.07, 6.45) is 2.27. The van der Waals surface area contributed by atoms with E-state index in [2.05, 4.69) is 21.0 Å². The Labute approximate surface area is 217 Å². The zero-order valence-corrected chi connectivity index (χ0v) is 22.1. The number of carbonyl (C=O) groups is 1. The average Bonchev–Trinajstić information content (AvgIpc) is 3.48. The molecular formula is C27H28BrN3O5. The van der Waals surface area contributed by atoms with E-state index in [1.54, 1.807) is 0 Å². The van der Waals surface area contributed by atoms with Crippen LogP contribution in [0.5, 0.6) is 5.75 Å². The first-order valence-electron chi connectivity index (χ1n) is 12.0. The smallest absolute Gasteiger partial charge is 0.437 e. The molecule has 0 amide bonds. The van der Waals surface area contributed by atoms with Gasteiger partial charge in [0.1, 0.15) is 22.8 Å². The molecule has 1 aliphatic heterocycles. The number of pyridine rings is 1. The summed E-state index contributed by atoms with van der Waals surface area (Å²) in [5.74, 6) is 2.06. The number of aromatic nitrogens is 3. The lowest BCUT2D eigenvalue weighted by Gasteiger charge is -2.23. The Morgan fingerprint density at radius 2 is 1.92 bits per heavy atom. The number of ether oxygens (including phenoxy) is 3. The first-order chi connectivity index (χ1) is 17.3. The topological polar surface area (TPSA) is 88.6 Å². The summed E-state index contributed by atoms with van der Waals surface area (Å²) in [5, 5.41) is 5.81. The molecule has 8 nitrogen and oxygen atoms in total. The van der Waals surface area contributed by atoms with Gasteiger partial charge in [0, 0.05) is 12.0 Å². The number of nitrogens with zero attached hydrogens (tertiary/aromatic N) is 3. The maximum atomic E-state index is 13.0. The van der Waals surface area contributed by atoms with Gasteiger partial charge in [-0.1, -0.05) is 15.9 Å². The highest BCUT2D eigenvalue weighted by Gasteiger charge is 2.25. The summed E-state index contributed by atoms with van der Waals surface area (Å²) in [6, 6.07) is 15.2. The number of hydrogen-bond donors (Lipinski definition) is 0. The molecule has 3 aromatic heterocycles. The fraction of sp³-hybridized carbons (Fsp3) is 0.370. The van der Waals surface area contributed by atoms with Gasteiger partial charge in [-0.25, -0.2) is 9.78 Å². The minimum absolute atomic E-state index is 0.202. The number of rotatable bonds is 5. The molecule has 1 atom stereocenters. The van der Waals surface area contributed by atoms with E-state index in [4.69, 9.17) is 23.6 Å². The molecule has 1 aromatic carbocycles. The van der Waals surface area contributed by atoms with Crippen LogP contribution in [0.1, 0.15) is 45.8 Å². The van der Waals surface area contributed by atoms with E-state index in [1.807, 2.05) is 69.3 Å². The van der Waals surface area contributed by atoms with Crippen molar-refractivity contribution in [3.63, 3.8) is 0 Å². The van der Waals surface area contributed by atoms with Crippen molar-refractivity contribution in [2.24, 2.45) is 0 Å². The highest BCUT2D eigenvalue weighted by atomic mass is 79.9. The molecule has 0 radical (unpaired) electrons. The Morgan fingerprint density at radius 1 is 1.11 bits per heavy atom. The molecule has 0 saturated carbocycles. The third-order valence-corrected chi connectivity index (χ3v) is 6.23. The zero-order chi connectivity index (χ0) is 25.3. The van der Waals surface area contributed by atoms with Crippen LogP contribution < -0.4 is 4.74 Å². The lowest BCUT2D eigenvalue weighted by atomic mass is 10.1. The van der Waals surface area contributed by atoms with E-state index < -0.39 is 11.7 Å². The summed E-state index contributed by atoms with van der Waals surface area (Å²) in [7, 11) is 0. The molecule has 1 fully saturated rings. The number of halogens is 1. The number of alkyl halides is 1. The second-order valence-electron chi connectivity index (χ2n) is 9.65. The van der Waals surface area contributed by atoms with Crippen molar-refractivity contribution >= 4 is 33.1 Å². The van der Waals surface area contributed by atoms with Gasteiger partial charge in [0.15, 0.2) is 17.7 Å². The molecule has 4 heterocycles. The number of fused-ring (bicyclic) bond motifs is 1. The minimum atomic E-state index is -0.682. The van der Waals surface area contributed by atoms with Crippen LogP contribution in [0.2, 0.25) is 0 Å². The van der Waals surface area contributed by atoms with Crippen LogP contribution in [0.15, 0.2) is 52.9 Å². The van der Waals surface area contributed by atoms with Gasteiger partial charge in [0.2, 0.25) is 0 Å². The van der Waals surface area contributed by atoms with Crippen molar-refractivity contribution in [1.29, 1.82) is 0 Å². The Bertz CT molecular complexity index is 1360. The molecule has 1 unspecified atom stereocenters. The number of carbonyl (C=O) groups excluding carboxylic acids is 1. The quantitative estimate of drug-likeness (QED) is 0.247. The van der Waals surface area contributed by atoms with Crippen LogP contribution in [0.3, 0.4) is 0 Å². The highest BCUT2D eigenvalue weighted by molar-refractivity contribution is 9.08. The fourth-order valence-corrected chi connectivity index (χ4v) is 4.31. The standard InChI is InChI=1S/C27H28BrN3O5/c1-27(2,3)36-26(32)31-25-20(24(30-31)22-14-11-19(16-28)34-22)12-13-21(29-25)17-7-9-18(10-8-17)35-23-6-4-5-15-33-23/h7-14,23H,4-6,15-16H2,1-3H3. The third-order valence-electron chi connectivity index (χ3n) is 5.68. The molecule has 4 aromatic rings. The molecule has 0 spiro atoms. The predicted octanol–water partition coefficient (Wildman–Crippen LogP) is 6.94. The molecule has 5 rings (SSSR count). The van der Waals surface area contributed by atoms with Crippen LogP contribution >= 0.6 is 15.9 Å². The van der Waals surface area contributed by atoms with Gasteiger partial charge in [-0.15, -0.1) is 4.68 Å². The highest BCUT2D eigenvalue weighted by Crippen LogP contribution is 2.32. The van der Waals surface area contributed by atoms with Gasteiger partial charge in [-0.3, -0.25) is 0 Å². The summed E-state index contributed by atoms with van der Waals surface area (Å²) in [5.41, 5.74) is 1.81. The minimum Gasteiger partial charge on any atom is -0.465 e. The molecule has 0 bridgehead atoms. The lowest BCUT2D eigenvalue weighted by molar-refractivity contribution is -0.105. The Hall–Kier alpha value is -3.17. The van der Waals surface area contributed by atoms with Gasteiger partial charge < -0.3 is 18.6 Å². The van der Waals surface area contributed by atoms with Gasteiger partial charge in [0.25, 0.3) is 0 Å². The maximum absolute atomic E-state index is 13.0. The van der Waals surface area contributed by atoms with Crippen LogP contribution in [-0.2, 0) is 14.8 Å². The van der Waals surface area contributed by atoms with Crippen LogP contribution in [-0.4, -0.2) is 39.4 Å². The Balaban J connectivity index is 1.50. The van der Waals surface area contributed by atoms with Crippen LogP contribution in [0.4, 0.5) is 4.79 Å². The average molecular weight is 554 g/mol. The summed E-state index contributed by atoms with van der Waals surface area (Å²) in [4.78, 5) is 17.8. The van der Waals surface area contributed by atoms with E-state index in [9.17, 15) is 4.79 Å². The van der Waals surface area contributed by atoms with Crippen molar-refractivity contribution in [2.45, 2.75) is 57.3 Å². The van der Waals surface area contributed by atoms with Crippen molar-refractivity contribution in [3.05, 3.63) is 54.3 Å². The second kappa shape index (κ2) is 10.1. The molecule has 0 N–H and O–H groups in total. The van der Waals surface area contributed by atoms with Gasteiger partial charge in [0.05, 0.1) is 23.0 Å². The fourth-order valence-electron chi connectivity index (χ4n) is 4.01. The van der Waals surface area contributed by atoms with Crippen LogP contribution in [0.25, 0.3) is 33.7 Å². The normalized spacial score (nSPS) is 16.3. The van der Waals surface area contributed by atoms with E-state index >= 15 is 0 Å². The monoisotopic (exact) mass is 553 g/mol. The van der Waals surface area contributed by atoms with E-state index in [0.29, 0.717) is 33.5 Å². The number of hydrogen-bond acceptors (Lipinski definition) is 7. The molecule has 1 aliphatic rings. The SMILES string of the molecule is CC(C)(C)OC(=O)n1nc(-c2ccc(CBr)o2)c2ccc(-c3ccc(OC4CCCCO4)cc3)nc21. The Morgan fingerprint density at radius 3 is 2.58 bits per heavy atom. The molecule has 1 saturated heterocycles. The molecule has 36 heavy (non-hydrogen) atoms. The summed E-state index contributed by atoms with van der Waals surface area (Å²) >= 11 is 3.40. The molecule has 9 heteroatoms. The summed E-state index contributed by atoms with van der Waals surface area (Å²) in [6.45, 7) is 6.17. The van der Waals surface area contributed by atoms with Crippen molar-refractivity contribution in [3.8, 4) is 28.5 Å².